The van der Waals surface area contributed by atoms with Crippen LogP contribution < -0.4 is 0 Å². The summed E-state index contributed by atoms with van der Waals surface area (Å²) < 4.78 is 0. The van der Waals surface area contributed by atoms with E-state index in [1.807, 2.05) is 0 Å². The maximum absolute atomic E-state index is 5.27. The van der Waals surface area contributed by atoms with E-state index in [1.165, 1.54) is 76.8 Å². The van der Waals surface area contributed by atoms with Crippen LogP contribution in [0.15, 0.2) is 157 Å². The molecule has 0 aliphatic rings. The Bertz CT molecular complexity index is 2010. The van der Waals surface area contributed by atoms with Crippen LogP contribution in [-0.2, 0) is 0 Å². The van der Waals surface area contributed by atoms with E-state index in [-0.39, 0.29) is 0 Å². The van der Waals surface area contributed by atoms with Crippen molar-refractivity contribution in [1.29, 1.82) is 0 Å². The van der Waals surface area contributed by atoms with Gasteiger partial charge in [-0.2, -0.15) is 0 Å². The molecular weight excluding hydrogens is 513 g/mol. The van der Waals surface area contributed by atoms with E-state index in [0.717, 1.165) is 4.90 Å². The minimum absolute atomic E-state index is 1.01. The molecule has 0 aromatic heterocycles. The standard InChI is InChI=1S/C40H26S/c41-40-36(28-17-9-3-10-18-28)32-23-21-30-34(26-13-5-1-6-14-26)25-35(27-15-7-2-8-16-27)31-22-24-33(39(32)38(30)31)37(40)29-19-11-4-12-20-29/h1-25,41H. The summed E-state index contributed by atoms with van der Waals surface area (Å²) in [7, 11) is 0. The topological polar surface area (TPSA) is 0 Å². The summed E-state index contributed by atoms with van der Waals surface area (Å²) in [6, 6.07) is 54.6. The van der Waals surface area contributed by atoms with E-state index >= 15 is 0 Å². The lowest BCUT2D eigenvalue weighted by Gasteiger charge is -2.23. The second-order valence-electron chi connectivity index (χ2n) is 10.6. The SMILES string of the molecule is Sc1c(-c2ccccc2)c2ccc3c(-c4ccccc4)cc(-c4ccccc4)c4ccc(c1-c1ccccc1)c2c34. The van der Waals surface area contributed by atoms with Crippen molar-refractivity contribution in [2.45, 2.75) is 4.90 Å². The largest absolute Gasteiger partial charge is 0.142 e. The summed E-state index contributed by atoms with van der Waals surface area (Å²) in [6.07, 6.45) is 0. The Morgan fingerprint density at radius 2 is 0.634 bits per heavy atom. The van der Waals surface area contributed by atoms with Crippen LogP contribution in [0.4, 0.5) is 0 Å². The summed E-state index contributed by atoms with van der Waals surface area (Å²) in [4.78, 5) is 1.01. The predicted octanol–water partition coefficient (Wildman–Crippen LogP) is 11.5. The first-order valence-electron chi connectivity index (χ1n) is 14.0. The first kappa shape index (κ1) is 24.0. The minimum Gasteiger partial charge on any atom is -0.142 e. The van der Waals surface area contributed by atoms with E-state index in [0.29, 0.717) is 0 Å². The van der Waals surface area contributed by atoms with Gasteiger partial charge in [-0.05, 0) is 71.8 Å². The van der Waals surface area contributed by atoms with E-state index in [2.05, 4.69) is 152 Å². The maximum atomic E-state index is 5.27. The lowest BCUT2D eigenvalue weighted by atomic mass is 9.82. The third-order valence-corrected chi connectivity index (χ3v) is 8.78. The minimum atomic E-state index is 1.01. The van der Waals surface area contributed by atoms with Crippen molar-refractivity contribution >= 4 is 44.9 Å². The van der Waals surface area contributed by atoms with Gasteiger partial charge < -0.3 is 0 Å². The van der Waals surface area contributed by atoms with Crippen molar-refractivity contribution in [3.05, 3.63) is 152 Å². The fraction of sp³-hybridized carbons (Fsp3) is 0. The highest BCUT2D eigenvalue weighted by Crippen LogP contribution is 2.50. The molecular formula is C40H26S. The van der Waals surface area contributed by atoms with E-state index < -0.39 is 0 Å². The predicted molar refractivity (Wildman–Crippen MR) is 179 cm³/mol. The third-order valence-electron chi connectivity index (χ3n) is 8.34. The lowest BCUT2D eigenvalue weighted by molar-refractivity contribution is 1.49. The zero-order chi connectivity index (χ0) is 27.3. The normalized spacial score (nSPS) is 11.5. The number of benzene rings is 8. The van der Waals surface area contributed by atoms with Crippen LogP contribution in [0.5, 0.6) is 0 Å². The number of thiol groups is 1. The molecule has 0 unspecified atom stereocenters. The van der Waals surface area contributed by atoms with Crippen molar-refractivity contribution in [3.8, 4) is 44.5 Å². The van der Waals surface area contributed by atoms with E-state index in [4.69, 9.17) is 12.6 Å². The number of rotatable bonds is 4. The zero-order valence-corrected chi connectivity index (χ0v) is 23.3. The molecule has 0 N–H and O–H groups in total. The van der Waals surface area contributed by atoms with Crippen LogP contribution in [0.3, 0.4) is 0 Å². The number of hydrogen-bond donors (Lipinski definition) is 1. The van der Waals surface area contributed by atoms with Crippen molar-refractivity contribution in [1.82, 2.24) is 0 Å². The molecule has 0 saturated carbocycles. The molecule has 8 rings (SSSR count). The highest BCUT2D eigenvalue weighted by atomic mass is 32.1. The molecule has 1 heteroatoms. The Kier molecular flexibility index (Phi) is 5.65. The Morgan fingerprint density at radius 1 is 0.317 bits per heavy atom. The molecule has 192 valence electrons. The van der Waals surface area contributed by atoms with Crippen molar-refractivity contribution in [2.75, 3.05) is 0 Å². The van der Waals surface area contributed by atoms with Gasteiger partial charge in [-0.1, -0.05) is 146 Å². The van der Waals surface area contributed by atoms with Crippen LogP contribution in [0.2, 0.25) is 0 Å². The van der Waals surface area contributed by atoms with Crippen LogP contribution >= 0.6 is 12.6 Å². The van der Waals surface area contributed by atoms with Crippen LogP contribution in [0.25, 0.3) is 76.8 Å². The highest BCUT2D eigenvalue weighted by molar-refractivity contribution is 7.80. The van der Waals surface area contributed by atoms with Gasteiger partial charge in [0.2, 0.25) is 0 Å². The Hall–Kier alpha value is -4.85. The molecule has 0 radical (unpaired) electrons. The fourth-order valence-electron chi connectivity index (χ4n) is 6.55. The molecule has 8 aromatic rings. The first-order valence-corrected chi connectivity index (χ1v) is 14.5. The molecule has 0 atom stereocenters. The molecule has 0 spiro atoms. The lowest BCUT2D eigenvalue weighted by Crippen LogP contribution is -1.95. The average molecular weight is 539 g/mol. The zero-order valence-electron chi connectivity index (χ0n) is 22.4. The molecule has 0 saturated heterocycles. The molecule has 0 aliphatic heterocycles. The van der Waals surface area contributed by atoms with Crippen molar-refractivity contribution in [3.63, 3.8) is 0 Å². The number of hydrogen-bond acceptors (Lipinski definition) is 1. The molecule has 0 amide bonds. The van der Waals surface area contributed by atoms with E-state index in [9.17, 15) is 0 Å². The first-order chi connectivity index (χ1) is 20.3. The summed E-state index contributed by atoms with van der Waals surface area (Å²) in [5.74, 6) is 0. The maximum Gasteiger partial charge on any atom is 0.0210 e. The quantitative estimate of drug-likeness (QED) is 0.167. The average Bonchev–Trinajstić information content (AvgIpc) is 3.05. The second-order valence-corrected chi connectivity index (χ2v) is 11.1. The van der Waals surface area contributed by atoms with Gasteiger partial charge in [-0.25, -0.2) is 0 Å². The van der Waals surface area contributed by atoms with Gasteiger partial charge in [0.25, 0.3) is 0 Å². The van der Waals surface area contributed by atoms with Gasteiger partial charge in [0.1, 0.15) is 0 Å². The third kappa shape index (κ3) is 3.78. The molecule has 0 bridgehead atoms. The van der Waals surface area contributed by atoms with Crippen LogP contribution in [-0.4, -0.2) is 0 Å². The van der Waals surface area contributed by atoms with Crippen LogP contribution in [0, 0.1) is 0 Å². The Balaban J connectivity index is 1.62. The molecule has 41 heavy (non-hydrogen) atoms. The molecule has 0 heterocycles. The van der Waals surface area contributed by atoms with Crippen LogP contribution in [0.1, 0.15) is 0 Å². The monoisotopic (exact) mass is 538 g/mol. The van der Waals surface area contributed by atoms with Crippen molar-refractivity contribution in [2.24, 2.45) is 0 Å². The molecule has 0 aliphatic carbocycles. The smallest absolute Gasteiger partial charge is 0.0210 e. The highest BCUT2D eigenvalue weighted by Gasteiger charge is 2.23. The van der Waals surface area contributed by atoms with Crippen molar-refractivity contribution < 1.29 is 0 Å². The second kappa shape index (κ2) is 9.66. The molecule has 0 fully saturated rings. The summed E-state index contributed by atoms with van der Waals surface area (Å²) in [5, 5.41) is 7.62. The van der Waals surface area contributed by atoms with Gasteiger partial charge in [0, 0.05) is 16.0 Å². The fourth-order valence-corrected chi connectivity index (χ4v) is 7.05. The summed E-state index contributed by atoms with van der Waals surface area (Å²) in [5.41, 5.74) is 9.68. The van der Waals surface area contributed by atoms with Gasteiger partial charge in [0.05, 0.1) is 0 Å². The van der Waals surface area contributed by atoms with Gasteiger partial charge in [0.15, 0.2) is 0 Å². The van der Waals surface area contributed by atoms with E-state index in [1.54, 1.807) is 0 Å². The summed E-state index contributed by atoms with van der Waals surface area (Å²) >= 11 is 5.27. The summed E-state index contributed by atoms with van der Waals surface area (Å²) in [6.45, 7) is 0. The molecule has 0 nitrogen and oxygen atoms in total. The molecule has 8 aromatic carbocycles. The Labute approximate surface area is 245 Å². The van der Waals surface area contributed by atoms with Gasteiger partial charge in [-0.15, -0.1) is 12.6 Å². The Morgan fingerprint density at radius 3 is 1.02 bits per heavy atom. The van der Waals surface area contributed by atoms with Gasteiger partial charge >= 0.3 is 0 Å². The van der Waals surface area contributed by atoms with Gasteiger partial charge in [-0.3, -0.25) is 0 Å².